The van der Waals surface area contributed by atoms with Crippen LogP contribution in [0.15, 0.2) is 0 Å². The highest BCUT2D eigenvalue weighted by molar-refractivity contribution is 5.01. The molecular formula is C23H45N5O14. The summed E-state index contributed by atoms with van der Waals surface area (Å²) in [7, 11) is 0. The molecule has 0 radical (unpaired) electrons. The Morgan fingerprint density at radius 3 is 1.48 bits per heavy atom. The van der Waals surface area contributed by atoms with Crippen molar-refractivity contribution in [3.8, 4) is 0 Å². The molecule has 4 aliphatic rings. The topological polar surface area (TPSA) is 347 Å². The number of hydrogen-bond acceptors (Lipinski definition) is 19. The molecule has 0 aromatic heterocycles. The van der Waals surface area contributed by atoms with Gasteiger partial charge >= 0.3 is 0 Å². The lowest BCUT2D eigenvalue weighted by Gasteiger charge is -2.47. The summed E-state index contributed by atoms with van der Waals surface area (Å²) < 4.78 is 34.4. The van der Waals surface area contributed by atoms with Crippen molar-refractivity contribution in [2.24, 2.45) is 28.7 Å². The molecule has 19 atom stereocenters. The maximum atomic E-state index is 11.1. The Balaban J connectivity index is 1.50. The summed E-state index contributed by atoms with van der Waals surface area (Å²) in [5.41, 5.74) is 29.4. The van der Waals surface area contributed by atoms with Gasteiger partial charge in [-0.3, -0.25) is 0 Å². The Bertz CT molecular complexity index is 866. The van der Waals surface area contributed by atoms with E-state index in [9.17, 15) is 40.9 Å². The van der Waals surface area contributed by atoms with E-state index >= 15 is 0 Å². The molecule has 0 aromatic rings. The first-order chi connectivity index (χ1) is 19.8. The van der Waals surface area contributed by atoms with Crippen LogP contribution in [0.4, 0.5) is 0 Å². The van der Waals surface area contributed by atoms with E-state index in [1.54, 1.807) is 0 Å². The number of nitrogens with two attached hydrogens (primary N) is 5. The largest absolute Gasteiger partial charge is 0.394 e. The van der Waals surface area contributed by atoms with Gasteiger partial charge in [-0.1, -0.05) is 0 Å². The quantitative estimate of drug-likeness (QED) is 0.114. The highest BCUT2D eigenvalue weighted by Gasteiger charge is 2.54. The number of aliphatic hydroxyl groups excluding tert-OH is 8. The summed E-state index contributed by atoms with van der Waals surface area (Å²) in [6.45, 7) is -1.02. The van der Waals surface area contributed by atoms with Gasteiger partial charge in [-0.05, 0) is 6.42 Å². The van der Waals surface area contributed by atoms with E-state index in [0.717, 1.165) is 0 Å². The first-order valence-corrected chi connectivity index (χ1v) is 13.8. The number of rotatable bonds is 9. The minimum Gasteiger partial charge on any atom is -0.394 e. The maximum absolute atomic E-state index is 11.1. The molecule has 0 bridgehead atoms. The van der Waals surface area contributed by atoms with Crippen molar-refractivity contribution < 1.29 is 69.3 Å². The van der Waals surface area contributed by atoms with E-state index in [-0.39, 0.29) is 19.5 Å². The second-order valence-corrected chi connectivity index (χ2v) is 11.2. The molecule has 3 aliphatic heterocycles. The maximum Gasteiger partial charge on any atom is 0.187 e. The molecule has 19 heteroatoms. The lowest BCUT2D eigenvalue weighted by atomic mass is 9.85. The van der Waals surface area contributed by atoms with Gasteiger partial charge in [-0.15, -0.1) is 0 Å². The van der Waals surface area contributed by atoms with Crippen molar-refractivity contribution in [1.29, 1.82) is 0 Å². The van der Waals surface area contributed by atoms with Gasteiger partial charge in [0.05, 0.1) is 24.8 Å². The van der Waals surface area contributed by atoms with E-state index < -0.39 is 123 Å². The fraction of sp³-hybridized carbons (Fsp3) is 1.00. The molecule has 0 amide bonds. The minimum absolute atomic E-state index is 0.133. The standard InChI is InChI=1S/C23H45N5O14/c24-2-7-13(32)15(34)10(27)21(37-7)40-18-5(26)1-6(30)12(31)20(18)42-23-17(36)19(9(4-29)39-23)41-22-11(28)16(35)14(33)8(3-25)38-22/h5-23,29-36H,1-4,24-28H2/t5-,6+,7+,8+,9-,10-,11+,12+,13+,14-,15-,16+,17+,18+,19-,20+,21+,22-,23+/m1/s1. The third-order valence-corrected chi connectivity index (χ3v) is 8.30. The molecule has 1 aliphatic carbocycles. The Morgan fingerprint density at radius 1 is 0.548 bits per heavy atom. The Morgan fingerprint density at radius 2 is 1.00 bits per heavy atom. The van der Waals surface area contributed by atoms with Crippen LogP contribution in [0.25, 0.3) is 0 Å². The molecule has 246 valence electrons. The van der Waals surface area contributed by atoms with Crippen LogP contribution in [0, 0.1) is 0 Å². The van der Waals surface area contributed by atoms with Crippen molar-refractivity contribution in [3.63, 3.8) is 0 Å². The number of aliphatic hydroxyl groups is 8. The molecule has 4 rings (SSSR count). The summed E-state index contributed by atoms with van der Waals surface area (Å²) in [5.74, 6) is 0. The van der Waals surface area contributed by atoms with Gasteiger partial charge < -0.3 is 97.9 Å². The van der Waals surface area contributed by atoms with Crippen LogP contribution < -0.4 is 28.7 Å². The van der Waals surface area contributed by atoms with Gasteiger partial charge in [0.2, 0.25) is 0 Å². The highest BCUT2D eigenvalue weighted by atomic mass is 16.8. The molecule has 3 saturated heterocycles. The molecule has 0 spiro atoms. The van der Waals surface area contributed by atoms with E-state index in [1.165, 1.54) is 0 Å². The van der Waals surface area contributed by atoms with Gasteiger partial charge in [0.25, 0.3) is 0 Å². The minimum atomic E-state index is -1.65. The third-order valence-electron chi connectivity index (χ3n) is 8.30. The highest BCUT2D eigenvalue weighted by Crippen LogP contribution is 2.34. The SMILES string of the molecule is NC[C@@H]1O[C@@H](O[C@@H]2[C@@H](O[C@@H]3O[C@H](CO)[C@@H](O[C@H]4O[C@@H](CN)[C@@H](O)[C@@H](O)[C@@H]4N)[C@@H]3O)[C@@H](O)[C@@H](O)C[C@H]2N)[C@H](N)[C@@H](O)[C@H]1O. The van der Waals surface area contributed by atoms with Gasteiger partial charge in [-0.2, -0.15) is 0 Å². The summed E-state index contributed by atoms with van der Waals surface area (Å²) in [6.07, 6.45) is -22.1. The lowest BCUT2D eigenvalue weighted by molar-refractivity contribution is -0.311. The van der Waals surface area contributed by atoms with Crippen LogP contribution in [-0.4, -0.2) is 177 Å². The van der Waals surface area contributed by atoms with Gasteiger partial charge in [0, 0.05) is 19.1 Å². The van der Waals surface area contributed by atoms with Gasteiger partial charge in [0.1, 0.15) is 73.2 Å². The van der Waals surface area contributed by atoms with E-state index in [1.807, 2.05) is 0 Å². The van der Waals surface area contributed by atoms with Crippen LogP contribution >= 0.6 is 0 Å². The van der Waals surface area contributed by atoms with E-state index in [4.69, 9.17) is 57.1 Å². The normalized spacial score (nSPS) is 53.8. The Hall–Kier alpha value is -0.760. The van der Waals surface area contributed by atoms with Crippen LogP contribution in [-0.2, 0) is 28.4 Å². The number of hydrogen-bond donors (Lipinski definition) is 13. The van der Waals surface area contributed by atoms with Crippen molar-refractivity contribution in [2.75, 3.05) is 19.7 Å². The summed E-state index contributed by atoms with van der Waals surface area (Å²) >= 11 is 0. The van der Waals surface area contributed by atoms with Crippen molar-refractivity contribution >= 4 is 0 Å². The zero-order chi connectivity index (χ0) is 31.0. The predicted molar refractivity (Wildman–Crippen MR) is 136 cm³/mol. The molecule has 3 heterocycles. The van der Waals surface area contributed by atoms with Crippen LogP contribution in [0.3, 0.4) is 0 Å². The van der Waals surface area contributed by atoms with Gasteiger partial charge in [-0.25, -0.2) is 0 Å². The smallest absolute Gasteiger partial charge is 0.187 e. The van der Waals surface area contributed by atoms with E-state index in [2.05, 4.69) is 0 Å². The number of ether oxygens (including phenoxy) is 6. The molecule has 4 fully saturated rings. The van der Waals surface area contributed by atoms with Crippen LogP contribution in [0.2, 0.25) is 0 Å². The van der Waals surface area contributed by atoms with Crippen LogP contribution in [0.1, 0.15) is 6.42 Å². The Labute approximate surface area is 240 Å². The summed E-state index contributed by atoms with van der Waals surface area (Å²) in [4.78, 5) is 0. The monoisotopic (exact) mass is 615 g/mol. The molecular weight excluding hydrogens is 570 g/mol. The zero-order valence-corrected chi connectivity index (χ0v) is 22.7. The summed E-state index contributed by atoms with van der Waals surface area (Å²) in [6, 6.07) is -3.49. The molecule has 42 heavy (non-hydrogen) atoms. The average molecular weight is 616 g/mol. The second kappa shape index (κ2) is 14.1. The molecule has 19 nitrogen and oxygen atoms in total. The van der Waals surface area contributed by atoms with Crippen LogP contribution in [0.5, 0.6) is 0 Å². The summed E-state index contributed by atoms with van der Waals surface area (Å²) in [5, 5.41) is 83.2. The molecule has 18 N–H and O–H groups in total. The lowest BCUT2D eigenvalue weighted by Crippen LogP contribution is -2.67. The third kappa shape index (κ3) is 6.60. The zero-order valence-electron chi connectivity index (χ0n) is 22.7. The molecule has 1 saturated carbocycles. The first kappa shape index (κ1) is 34.1. The van der Waals surface area contributed by atoms with E-state index in [0.29, 0.717) is 0 Å². The van der Waals surface area contributed by atoms with Crippen molar-refractivity contribution in [1.82, 2.24) is 0 Å². The molecule has 0 unspecified atom stereocenters. The van der Waals surface area contributed by atoms with Crippen molar-refractivity contribution in [2.45, 2.75) is 123 Å². The fourth-order valence-corrected chi connectivity index (χ4v) is 5.68. The van der Waals surface area contributed by atoms with Gasteiger partial charge in [0.15, 0.2) is 18.9 Å². The Kier molecular flexibility index (Phi) is 11.5. The first-order valence-electron chi connectivity index (χ1n) is 13.8. The molecule has 0 aromatic carbocycles. The van der Waals surface area contributed by atoms with Crippen molar-refractivity contribution in [3.05, 3.63) is 0 Å². The predicted octanol–water partition coefficient (Wildman–Crippen LogP) is -8.86. The fourth-order valence-electron chi connectivity index (χ4n) is 5.68. The second-order valence-electron chi connectivity index (χ2n) is 11.2. The average Bonchev–Trinajstić information content (AvgIpc) is 3.27.